The highest BCUT2D eigenvalue weighted by Gasteiger charge is 2.39. The zero-order valence-electron chi connectivity index (χ0n) is 18.8. The molecule has 1 fully saturated rings. The lowest BCUT2D eigenvalue weighted by Gasteiger charge is -2.29. The molecule has 3 rings (SSSR count). The summed E-state index contributed by atoms with van der Waals surface area (Å²) in [5, 5.41) is 4.19. The maximum absolute atomic E-state index is 13.9. The second kappa shape index (κ2) is 11.0. The third kappa shape index (κ3) is 5.70. The van der Waals surface area contributed by atoms with Crippen molar-refractivity contribution >= 4 is 17.6 Å². The van der Waals surface area contributed by atoms with Crippen LogP contribution in [0.3, 0.4) is 0 Å². The molecule has 1 aliphatic heterocycles. The van der Waals surface area contributed by atoms with Gasteiger partial charge in [-0.25, -0.2) is 9.48 Å². The molecule has 0 amide bonds. The fourth-order valence-electron chi connectivity index (χ4n) is 3.56. The van der Waals surface area contributed by atoms with E-state index in [2.05, 4.69) is 10.6 Å². The van der Waals surface area contributed by atoms with Crippen LogP contribution in [-0.4, -0.2) is 60.9 Å². The molecule has 1 aliphatic rings. The first kappa shape index (κ1) is 26.4. The van der Waals surface area contributed by atoms with Crippen molar-refractivity contribution in [1.29, 1.82) is 0 Å². The molecule has 188 valence electrons. The van der Waals surface area contributed by atoms with Gasteiger partial charge >= 0.3 is 12.1 Å². The average molecular weight is 507 g/mol. The van der Waals surface area contributed by atoms with Crippen molar-refractivity contribution in [1.82, 2.24) is 15.3 Å². The molecule has 1 saturated heterocycles. The molecule has 4 atom stereocenters. The van der Waals surface area contributed by atoms with Crippen LogP contribution in [0.25, 0.3) is 5.69 Å². The van der Waals surface area contributed by atoms with Gasteiger partial charge in [-0.3, -0.25) is 4.84 Å². The topological polar surface area (TPSA) is 110 Å². The third-order valence-corrected chi connectivity index (χ3v) is 5.51. The number of aromatic nitrogens is 2. The second-order valence-electron chi connectivity index (χ2n) is 7.52. The number of benzene rings is 1. The van der Waals surface area contributed by atoms with Crippen molar-refractivity contribution in [3.63, 3.8) is 0 Å². The fourth-order valence-corrected chi connectivity index (χ4v) is 3.72. The lowest BCUT2D eigenvalue weighted by molar-refractivity contribution is -0.137. The van der Waals surface area contributed by atoms with Crippen LogP contribution in [0, 0.1) is 0 Å². The standard InChI is InChI=1S/C21H26ClF3N4O5/c1-4-32-20(30)14-8-16(19(17(9-26)31-3)33-18-10-27-34-11(18)2)29(28-14)15-7-12(22)5-6-13(15)21(23,24)25/h5-8,11,17-19,27H,4,9-10,26H2,1-3H3/t11?,17-,18?,19?/m0/s1. The molecular weight excluding hydrogens is 481 g/mol. The zero-order valence-corrected chi connectivity index (χ0v) is 19.5. The smallest absolute Gasteiger partial charge is 0.418 e. The van der Waals surface area contributed by atoms with Gasteiger partial charge in [-0.15, -0.1) is 0 Å². The molecule has 0 spiro atoms. The molecule has 3 N–H and O–H groups in total. The minimum absolute atomic E-state index is 0.0296. The number of nitrogens with zero attached hydrogens (tertiary/aromatic N) is 2. The molecule has 13 heteroatoms. The number of carbonyl (C=O) groups excluding carboxylic acids is 1. The van der Waals surface area contributed by atoms with Crippen LogP contribution in [0.4, 0.5) is 13.2 Å². The van der Waals surface area contributed by atoms with Crippen LogP contribution in [0.2, 0.25) is 5.02 Å². The van der Waals surface area contributed by atoms with E-state index in [0.29, 0.717) is 6.54 Å². The lowest BCUT2D eigenvalue weighted by Crippen LogP contribution is -2.37. The summed E-state index contributed by atoms with van der Waals surface area (Å²) in [5.74, 6) is -0.808. The number of hydrogen-bond donors (Lipinski definition) is 2. The van der Waals surface area contributed by atoms with E-state index in [-0.39, 0.29) is 41.4 Å². The van der Waals surface area contributed by atoms with Crippen LogP contribution in [0.15, 0.2) is 24.3 Å². The summed E-state index contributed by atoms with van der Waals surface area (Å²) in [5.41, 5.74) is 7.10. The molecule has 0 aliphatic carbocycles. The van der Waals surface area contributed by atoms with E-state index >= 15 is 0 Å². The monoisotopic (exact) mass is 506 g/mol. The van der Waals surface area contributed by atoms with E-state index in [1.165, 1.54) is 13.2 Å². The number of ether oxygens (including phenoxy) is 3. The van der Waals surface area contributed by atoms with Gasteiger partial charge in [-0.05, 0) is 38.1 Å². The average Bonchev–Trinajstić information content (AvgIpc) is 3.39. The first-order valence-electron chi connectivity index (χ1n) is 10.5. The number of halogens is 4. The minimum atomic E-state index is -4.73. The third-order valence-electron chi connectivity index (χ3n) is 5.28. The number of carbonyl (C=O) groups is 1. The van der Waals surface area contributed by atoms with Crippen molar-refractivity contribution in [2.24, 2.45) is 5.73 Å². The highest BCUT2D eigenvalue weighted by atomic mass is 35.5. The van der Waals surface area contributed by atoms with Gasteiger partial charge in [0.1, 0.15) is 24.4 Å². The summed E-state index contributed by atoms with van der Waals surface area (Å²) in [6, 6.07) is 4.38. The number of methoxy groups -OCH3 is 1. The van der Waals surface area contributed by atoms with Gasteiger partial charge in [0, 0.05) is 25.2 Å². The van der Waals surface area contributed by atoms with Crippen molar-refractivity contribution in [2.45, 2.75) is 44.4 Å². The number of alkyl halides is 3. The van der Waals surface area contributed by atoms with Crippen molar-refractivity contribution in [2.75, 3.05) is 26.8 Å². The molecule has 0 bridgehead atoms. The molecule has 34 heavy (non-hydrogen) atoms. The van der Waals surface area contributed by atoms with Gasteiger partial charge < -0.3 is 19.9 Å². The van der Waals surface area contributed by atoms with Gasteiger partial charge in [0.2, 0.25) is 0 Å². The first-order valence-corrected chi connectivity index (χ1v) is 10.9. The lowest BCUT2D eigenvalue weighted by atomic mass is 10.1. The number of rotatable bonds is 9. The van der Waals surface area contributed by atoms with Gasteiger partial charge in [-0.2, -0.15) is 23.8 Å². The molecule has 1 aromatic heterocycles. The fraction of sp³-hybridized carbons (Fsp3) is 0.524. The number of hydroxylamine groups is 1. The minimum Gasteiger partial charge on any atom is -0.461 e. The Hall–Kier alpha value is -2.22. The van der Waals surface area contributed by atoms with Crippen LogP contribution in [-0.2, 0) is 25.2 Å². The number of nitrogens with one attached hydrogen (secondary N) is 1. The normalized spacial score (nSPS) is 20.4. The Morgan fingerprint density at radius 3 is 2.71 bits per heavy atom. The first-order chi connectivity index (χ1) is 16.1. The highest BCUT2D eigenvalue weighted by Crippen LogP contribution is 2.37. The molecule has 0 radical (unpaired) electrons. The molecule has 9 nitrogen and oxygen atoms in total. The molecule has 2 heterocycles. The summed E-state index contributed by atoms with van der Waals surface area (Å²) < 4.78 is 59.3. The number of hydrogen-bond acceptors (Lipinski definition) is 8. The number of nitrogens with two attached hydrogens (primary N) is 1. The largest absolute Gasteiger partial charge is 0.461 e. The Labute approximate surface area is 199 Å². The van der Waals surface area contributed by atoms with Gasteiger partial charge in [0.05, 0.1) is 23.6 Å². The van der Waals surface area contributed by atoms with Gasteiger partial charge in [-0.1, -0.05) is 11.6 Å². The van der Waals surface area contributed by atoms with E-state index in [1.54, 1.807) is 13.8 Å². The van der Waals surface area contributed by atoms with Crippen molar-refractivity contribution < 1.29 is 37.0 Å². The van der Waals surface area contributed by atoms with E-state index < -0.39 is 36.0 Å². The summed E-state index contributed by atoms with van der Waals surface area (Å²) >= 11 is 6.04. The van der Waals surface area contributed by atoms with Gasteiger partial charge in [0.15, 0.2) is 5.69 Å². The Morgan fingerprint density at radius 1 is 1.41 bits per heavy atom. The predicted molar refractivity (Wildman–Crippen MR) is 116 cm³/mol. The Kier molecular flexibility index (Phi) is 8.55. The van der Waals surface area contributed by atoms with Crippen LogP contribution < -0.4 is 11.2 Å². The molecule has 2 aromatic rings. The highest BCUT2D eigenvalue weighted by molar-refractivity contribution is 6.30. The summed E-state index contributed by atoms with van der Waals surface area (Å²) in [6.07, 6.45) is -7.37. The maximum atomic E-state index is 13.9. The summed E-state index contributed by atoms with van der Waals surface area (Å²) in [7, 11) is 1.40. The van der Waals surface area contributed by atoms with Crippen molar-refractivity contribution in [3.05, 3.63) is 46.2 Å². The zero-order chi connectivity index (χ0) is 25.0. The van der Waals surface area contributed by atoms with Gasteiger partial charge in [0.25, 0.3) is 0 Å². The predicted octanol–water partition coefficient (Wildman–Crippen LogP) is 3.04. The van der Waals surface area contributed by atoms with Crippen molar-refractivity contribution in [3.8, 4) is 5.69 Å². The molecule has 3 unspecified atom stereocenters. The molecule has 1 aromatic carbocycles. The Balaban J connectivity index is 2.22. The van der Waals surface area contributed by atoms with E-state index in [4.69, 9.17) is 36.4 Å². The van der Waals surface area contributed by atoms with Crippen LogP contribution in [0.5, 0.6) is 0 Å². The van der Waals surface area contributed by atoms with E-state index in [0.717, 1.165) is 22.9 Å². The SMILES string of the molecule is CCOC(=O)c1cc(C(OC2CNOC2C)[C@H](CN)OC)n(-c2cc(Cl)ccc2C(F)(F)F)n1. The molecule has 0 saturated carbocycles. The van der Waals surface area contributed by atoms with E-state index in [9.17, 15) is 18.0 Å². The maximum Gasteiger partial charge on any atom is 0.418 e. The van der Waals surface area contributed by atoms with E-state index in [1.807, 2.05) is 0 Å². The van der Waals surface area contributed by atoms with Crippen LogP contribution >= 0.6 is 11.6 Å². The second-order valence-corrected chi connectivity index (χ2v) is 7.96. The quantitative estimate of drug-likeness (QED) is 0.499. The van der Waals surface area contributed by atoms with Crippen LogP contribution in [0.1, 0.15) is 41.7 Å². The Morgan fingerprint density at radius 2 is 2.15 bits per heavy atom. The Bertz CT molecular complexity index is 999. The number of esters is 1. The summed E-state index contributed by atoms with van der Waals surface area (Å²) in [6.45, 7) is 3.72. The molecular formula is C21H26ClF3N4O5. The summed E-state index contributed by atoms with van der Waals surface area (Å²) in [4.78, 5) is 17.8.